The summed E-state index contributed by atoms with van der Waals surface area (Å²) in [7, 11) is 0. The van der Waals surface area contributed by atoms with Crippen LogP contribution in [0.2, 0.25) is 0 Å². The summed E-state index contributed by atoms with van der Waals surface area (Å²) in [5.74, 6) is 0.547. The fourth-order valence-electron chi connectivity index (χ4n) is 2.24. The summed E-state index contributed by atoms with van der Waals surface area (Å²) in [6.07, 6.45) is 5.92. The van der Waals surface area contributed by atoms with Gasteiger partial charge in [-0.25, -0.2) is 4.98 Å². The lowest BCUT2D eigenvalue weighted by Gasteiger charge is -2.28. The summed E-state index contributed by atoms with van der Waals surface area (Å²) in [6.45, 7) is 2.12. The Morgan fingerprint density at radius 2 is 2.22 bits per heavy atom. The maximum absolute atomic E-state index is 11.0. The Balaban J connectivity index is 2.20. The number of halogens is 1. The normalized spacial score (nSPS) is 23.7. The van der Waals surface area contributed by atoms with E-state index in [1.165, 1.54) is 18.7 Å². The van der Waals surface area contributed by atoms with Crippen molar-refractivity contribution in [3.63, 3.8) is 0 Å². The second kappa shape index (κ2) is 5.65. The SMILES string of the molecule is CC1CCCCC1Oc1ncc(Br)cc1[N+](=O)[O-]. The standard InChI is InChI=1S/C12H15BrN2O3/c1-8-4-2-3-5-11(8)18-12-10(15(16)17)6-9(13)7-14-12/h6-8,11H,2-5H2,1H3. The van der Waals surface area contributed by atoms with Crippen LogP contribution in [0.4, 0.5) is 5.69 Å². The molecule has 0 bridgehead atoms. The molecule has 1 aliphatic carbocycles. The number of hydrogen-bond acceptors (Lipinski definition) is 4. The average molecular weight is 315 g/mol. The first-order valence-electron chi connectivity index (χ1n) is 6.04. The Morgan fingerprint density at radius 3 is 2.89 bits per heavy atom. The van der Waals surface area contributed by atoms with E-state index in [9.17, 15) is 10.1 Å². The van der Waals surface area contributed by atoms with Gasteiger partial charge in [0, 0.05) is 16.7 Å². The predicted molar refractivity (Wildman–Crippen MR) is 70.6 cm³/mol. The van der Waals surface area contributed by atoms with Crippen LogP contribution in [0.3, 0.4) is 0 Å². The van der Waals surface area contributed by atoms with E-state index in [4.69, 9.17) is 4.74 Å². The van der Waals surface area contributed by atoms with Gasteiger partial charge in [-0.05, 0) is 41.1 Å². The van der Waals surface area contributed by atoms with Crippen molar-refractivity contribution in [3.8, 4) is 5.88 Å². The van der Waals surface area contributed by atoms with Gasteiger partial charge in [0.15, 0.2) is 0 Å². The zero-order chi connectivity index (χ0) is 13.1. The third kappa shape index (κ3) is 2.98. The zero-order valence-corrected chi connectivity index (χ0v) is 11.7. The molecule has 0 N–H and O–H groups in total. The minimum atomic E-state index is -0.458. The third-order valence-electron chi connectivity index (χ3n) is 3.29. The van der Waals surface area contributed by atoms with Crippen molar-refractivity contribution >= 4 is 21.6 Å². The lowest BCUT2D eigenvalue weighted by Crippen LogP contribution is -2.28. The lowest BCUT2D eigenvalue weighted by molar-refractivity contribution is -0.386. The molecule has 1 aliphatic rings. The molecular formula is C12H15BrN2O3. The Bertz CT molecular complexity index is 453. The molecule has 98 valence electrons. The molecule has 1 aromatic rings. The van der Waals surface area contributed by atoms with Crippen LogP contribution < -0.4 is 4.74 Å². The van der Waals surface area contributed by atoms with Gasteiger partial charge in [0.1, 0.15) is 6.10 Å². The highest BCUT2D eigenvalue weighted by Gasteiger charge is 2.27. The summed E-state index contributed by atoms with van der Waals surface area (Å²) in [5.41, 5.74) is -0.0813. The third-order valence-corrected chi connectivity index (χ3v) is 3.73. The fourth-order valence-corrected chi connectivity index (χ4v) is 2.56. The van der Waals surface area contributed by atoms with E-state index in [1.54, 1.807) is 0 Å². The molecule has 1 saturated carbocycles. The first-order valence-corrected chi connectivity index (χ1v) is 6.84. The molecule has 18 heavy (non-hydrogen) atoms. The van der Waals surface area contributed by atoms with Crippen LogP contribution in [0.1, 0.15) is 32.6 Å². The van der Waals surface area contributed by atoms with E-state index in [0.29, 0.717) is 10.4 Å². The van der Waals surface area contributed by atoms with Gasteiger partial charge in [-0.2, -0.15) is 0 Å². The molecule has 2 rings (SSSR count). The molecule has 0 spiro atoms. The number of hydrogen-bond donors (Lipinski definition) is 0. The number of pyridine rings is 1. The molecule has 6 heteroatoms. The number of aromatic nitrogens is 1. The molecule has 2 atom stereocenters. The van der Waals surface area contributed by atoms with Gasteiger partial charge in [-0.1, -0.05) is 13.3 Å². The second-order valence-corrected chi connectivity index (χ2v) is 5.57. The Morgan fingerprint density at radius 1 is 1.50 bits per heavy atom. The molecule has 2 unspecified atom stereocenters. The molecule has 0 radical (unpaired) electrons. The van der Waals surface area contributed by atoms with E-state index in [2.05, 4.69) is 27.8 Å². The molecule has 0 amide bonds. The van der Waals surface area contributed by atoms with Crippen LogP contribution >= 0.6 is 15.9 Å². The van der Waals surface area contributed by atoms with Crippen molar-refractivity contribution in [2.45, 2.75) is 38.7 Å². The zero-order valence-electron chi connectivity index (χ0n) is 10.1. The van der Waals surface area contributed by atoms with Gasteiger partial charge >= 0.3 is 5.69 Å². The first-order chi connectivity index (χ1) is 8.58. The van der Waals surface area contributed by atoms with Crippen molar-refractivity contribution in [2.75, 3.05) is 0 Å². The molecular weight excluding hydrogens is 300 g/mol. The van der Waals surface area contributed by atoms with Crippen LogP contribution in [0.5, 0.6) is 5.88 Å². The highest BCUT2D eigenvalue weighted by molar-refractivity contribution is 9.10. The monoisotopic (exact) mass is 314 g/mol. The van der Waals surface area contributed by atoms with Crippen LogP contribution in [-0.2, 0) is 0 Å². The van der Waals surface area contributed by atoms with Crippen LogP contribution in [0, 0.1) is 16.0 Å². The van der Waals surface area contributed by atoms with Crippen molar-refractivity contribution in [2.24, 2.45) is 5.92 Å². The van der Waals surface area contributed by atoms with Crippen LogP contribution in [0.25, 0.3) is 0 Å². The molecule has 1 aromatic heterocycles. The van der Waals surface area contributed by atoms with E-state index in [-0.39, 0.29) is 17.7 Å². The van der Waals surface area contributed by atoms with E-state index < -0.39 is 4.92 Å². The highest BCUT2D eigenvalue weighted by atomic mass is 79.9. The summed E-state index contributed by atoms with van der Waals surface area (Å²) in [6, 6.07) is 1.43. The van der Waals surface area contributed by atoms with Crippen LogP contribution in [0.15, 0.2) is 16.7 Å². The summed E-state index contributed by atoms with van der Waals surface area (Å²) >= 11 is 3.18. The van der Waals surface area contributed by atoms with Gasteiger partial charge in [0.05, 0.1) is 4.92 Å². The minimum absolute atomic E-state index is 0.0334. The van der Waals surface area contributed by atoms with Crippen molar-refractivity contribution in [1.29, 1.82) is 0 Å². The van der Waals surface area contributed by atoms with E-state index in [1.807, 2.05) is 0 Å². The average Bonchev–Trinajstić information content (AvgIpc) is 2.34. The van der Waals surface area contributed by atoms with Gasteiger partial charge in [-0.15, -0.1) is 0 Å². The first kappa shape index (κ1) is 13.3. The molecule has 5 nitrogen and oxygen atoms in total. The topological polar surface area (TPSA) is 65.3 Å². The van der Waals surface area contributed by atoms with Crippen LogP contribution in [-0.4, -0.2) is 16.0 Å². The molecule has 1 heterocycles. The summed E-state index contributed by atoms with van der Waals surface area (Å²) in [4.78, 5) is 14.5. The largest absolute Gasteiger partial charge is 0.469 e. The number of nitrogens with zero attached hydrogens (tertiary/aromatic N) is 2. The van der Waals surface area contributed by atoms with Gasteiger partial charge in [0.2, 0.25) is 0 Å². The van der Waals surface area contributed by atoms with Crippen molar-refractivity contribution in [3.05, 3.63) is 26.9 Å². The molecule has 1 fully saturated rings. The lowest BCUT2D eigenvalue weighted by atomic mass is 9.88. The quantitative estimate of drug-likeness (QED) is 0.630. The molecule has 0 saturated heterocycles. The van der Waals surface area contributed by atoms with E-state index in [0.717, 1.165) is 19.3 Å². The maximum Gasteiger partial charge on any atom is 0.332 e. The van der Waals surface area contributed by atoms with Gasteiger partial charge < -0.3 is 4.74 Å². The Kier molecular flexibility index (Phi) is 4.16. The number of ether oxygens (including phenoxy) is 1. The fraction of sp³-hybridized carbons (Fsp3) is 0.583. The second-order valence-electron chi connectivity index (χ2n) is 4.65. The number of nitro groups is 1. The van der Waals surface area contributed by atoms with Gasteiger partial charge in [-0.3, -0.25) is 10.1 Å². The Labute approximate surface area is 114 Å². The summed E-state index contributed by atoms with van der Waals surface area (Å²) in [5, 5.41) is 11.0. The smallest absolute Gasteiger partial charge is 0.332 e. The highest BCUT2D eigenvalue weighted by Crippen LogP contribution is 2.32. The minimum Gasteiger partial charge on any atom is -0.469 e. The molecule has 0 aliphatic heterocycles. The van der Waals surface area contributed by atoms with Crippen molar-refractivity contribution < 1.29 is 9.66 Å². The summed E-state index contributed by atoms with van der Waals surface area (Å²) < 4.78 is 6.32. The maximum atomic E-state index is 11.0. The Hall–Kier alpha value is -1.17. The number of rotatable bonds is 3. The van der Waals surface area contributed by atoms with Crippen molar-refractivity contribution in [1.82, 2.24) is 4.98 Å². The predicted octanol–water partition coefficient (Wildman–Crippen LogP) is 3.71. The van der Waals surface area contributed by atoms with E-state index >= 15 is 0 Å². The van der Waals surface area contributed by atoms with Gasteiger partial charge in [0.25, 0.3) is 5.88 Å². The molecule has 0 aromatic carbocycles.